The third-order valence-corrected chi connectivity index (χ3v) is 3.82. The molecule has 1 N–H and O–H groups in total. The average Bonchev–Trinajstić information content (AvgIpc) is 3.07. The predicted molar refractivity (Wildman–Crippen MR) is 101 cm³/mol. The summed E-state index contributed by atoms with van der Waals surface area (Å²) in [4.78, 5) is 11.8. The van der Waals surface area contributed by atoms with Gasteiger partial charge in [-0.25, -0.2) is 10.1 Å². The van der Waals surface area contributed by atoms with Crippen molar-refractivity contribution in [2.24, 2.45) is 5.10 Å². The van der Waals surface area contributed by atoms with E-state index in [2.05, 4.69) is 15.6 Å². The summed E-state index contributed by atoms with van der Waals surface area (Å²) in [6, 6.07) is 17.4. The number of benzene rings is 2. The van der Waals surface area contributed by atoms with Crippen LogP contribution in [0.1, 0.15) is 12.5 Å². The maximum Gasteiger partial charge on any atom is 0.277 e. The van der Waals surface area contributed by atoms with Crippen LogP contribution < -0.4 is 10.2 Å². The molecule has 3 rings (SSSR count). The largest absolute Gasteiger partial charge is 0.484 e. The number of nitrogens with one attached hydrogen (secondary N) is 1. The summed E-state index contributed by atoms with van der Waals surface area (Å²) < 4.78 is 20.4. The van der Waals surface area contributed by atoms with Gasteiger partial charge in [0.15, 0.2) is 6.61 Å². The highest BCUT2D eigenvalue weighted by Crippen LogP contribution is 2.21. The molecular weight excluding hydrogens is 347 g/mol. The minimum absolute atomic E-state index is 0.196. The topological polar surface area (TPSA) is 68.5 Å². The van der Waals surface area contributed by atoms with Gasteiger partial charge in [-0.05, 0) is 30.2 Å². The fourth-order valence-electron chi connectivity index (χ4n) is 2.42. The van der Waals surface area contributed by atoms with Crippen LogP contribution >= 0.6 is 0 Å². The van der Waals surface area contributed by atoms with Gasteiger partial charge in [-0.2, -0.15) is 14.6 Å². The number of hydrogen-bond acceptors (Lipinski definition) is 4. The van der Waals surface area contributed by atoms with Crippen molar-refractivity contribution in [2.45, 2.75) is 13.5 Å². The van der Waals surface area contributed by atoms with Crippen LogP contribution in [0.15, 0.2) is 65.9 Å². The quantitative estimate of drug-likeness (QED) is 0.516. The molecule has 1 heterocycles. The fourth-order valence-corrected chi connectivity index (χ4v) is 2.42. The first-order chi connectivity index (χ1) is 13.2. The maximum atomic E-state index is 13.8. The number of nitrogens with zero attached hydrogens (tertiary/aromatic N) is 3. The van der Waals surface area contributed by atoms with Crippen molar-refractivity contribution in [1.82, 2.24) is 15.2 Å². The molecule has 0 bridgehead atoms. The Morgan fingerprint density at radius 3 is 2.56 bits per heavy atom. The number of aryl methyl sites for hydroxylation is 1. The highest BCUT2D eigenvalue weighted by Gasteiger charge is 2.07. The average molecular weight is 366 g/mol. The number of aromatic nitrogens is 2. The number of carbonyl (C=O) groups is 1. The standard InChI is InChI=1S/C20H19FN4O2/c1-2-25-20(21)17(13-23-25)12-22-24-19(26)14-27-18-10-8-16(9-11-18)15-6-4-3-5-7-15/h3-13H,2,14H2,1H3,(H,24,26)/b22-12+. The third kappa shape index (κ3) is 4.78. The van der Waals surface area contributed by atoms with E-state index in [0.29, 0.717) is 12.3 Å². The summed E-state index contributed by atoms with van der Waals surface area (Å²) in [6.45, 7) is 2.00. The molecule has 0 aliphatic heterocycles. The van der Waals surface area contributed by atoms with Gasteiger partial charge in [-0.15, -0.1) is 0 Å². The molecular formula is C20H19FN4O2. The van der Waals surface area contributed by atoms with Crippen molar-refractivity contribution in [2.75, 3.05) is 6.61 Å². The zero-order valence-corrected chi connectivity index (χ0v) is 14.8. The Morgan fingerprint density at radius 2 is 1.89 bits per heavy atom. The van der Waals surface area contributed by atoms with Crippen LogP contribution in [0.3, 0.4) is 0 Å². The number of ether oxygens (including phenoxy) is 1. The van der Waals surface area contributed by atoms with Crippen molar-refractivity contribution in [1.29, 1.82) is 0 Å². The van der Waals surface area contributed by atoms with E-state index in [-0.39, 0.29) is 12.2 Å². The van der Waals surface area contributed by atoms with E-state index in [1.807, 2.05) is 42.5 Å². The van der Waals surface area contributed by atoms with E-state index in [1.165, 1.54) is 17.1 Å². The van der Waals surface area contributed by atoms with Crippen LogP contribution in [0, 0.1) is 5.95 Å². The predicted octanol–water partition coefficient (Wildman–Crippen LogP) is 3.24. The van der Waals surface area contributed by atoms with Gasteiger partial charge in [-0.3, -0.25) is 4.79 Å². The summed E-state index contributed by atoms with van der Waals surface area (Å²) in [7, 11) is 0. The highest BCUT2D eigenvalue weighted by molar-refractivity contribution is 5.82. The van der Waals surface area contributed by atoms with Crippen LogP contribution in [0.5, 0.6) is 5.75 Å². The summed E-state index contributed by atoms with van der Waals surface area (Å²) in [5.74, 6) is -0.365. The number of amides is 1. The molecule has 0 fully saturated rings. The molecule has 0 saturated carbocycles. The van der Waals surface area contributed by atoms with E-state index in [0.717, 1.165) is 11.1 Å². The summed E-state index contributed by atoms with van der Waals surface area (Å²) in [5, 5.41) is 7.57. The van der Waals surface area contributed by atoms with Gasteiger partial charge in [-0.1, -0.05) is 42.5 Å². The molecule has 6 nitrogen and oxygen atoms in total. The molecule has 3 aromatic rings. The van der Waals surface area contributed by atoms with Crippen LogP contribution in [-0.4, -0.2) is 28.5 Å². The highest BCUT2D eigenvalue weighted by atomic mass is 19.1. The van der Waals surface area contributed by atoms with Gasteiger partial charge in [0.25, 0.3) is 5.91 Å². The van der Waals surface area contributed by atoms with Crippen molar-refractivity contribution in [3.8, 4) is 16.9 Å². The molecule has 0 unspecified atom stereocenters. The Bertz CT molecular complexity index is 921. The van der Waals surface area contributed by atoms with Crippen LogP contribution in [0.2, 0.25) is 0 Å². The first kappa shape index (κ1) is 18.3. The Hall–Kier alpha value is -3.48. The molecule has 2 aromatic carbocycles. The lowest BCUT2D eigenvalue weighted by Crippen LogP contribution is -2.24. The van der Waals surface area contributed by atoms with Gasteiger partial charge in [0, 0.05) is 6.54 Å². The molecule has 0 atom stereocenters. The molecule has 1 amide bonds. The number of rotatable bonds is 7. The second kappa shape index (κ2) is 8.75. The van der Waals surface area contributed by atoms with Crippen molar-refractivity contribution >= 4 is 12.1 Å². The van der Waals surface area contributed by atoms with Crippen LogP contribution in [0.25, 0.3) is 11.1 Å². The zero-order chi connectivity index (χ0) is 19.1. The van der Waals surface area contributed by atoms with E-state index in [1.54, 1.807) is 19.1 Å². The Balaban J connectivity index is 1.49. The molecule has 0 saturated heterocycles. The lowest BCUT2D eigenvalue weighted by Gasteiger charge is -2.06. The molecule has 0 spiro atoms. The lowest BCUT2D eigenvalue weighted by molar-refractivity contribution is -0.123. The molecule has 7 heteroatoms. The first-order valence-electron chi connectivity index (χ1n) is 8.49. The minimum atomic E-state index is -0.495. The molecule has 138 valence electrons. The van der Waals surface area contributed by atoms with Gasteiger partial charge in [0.2, 0.25) is 5.95 Å². The second-order valence-corrected chi connectivity index (χ2v) is 5.68. The van der Waals surface area contributed by atoms with Gasteiger partial charge in [0.1, 0.15) is 5.75 Å². The van der Waals surface area contributed by atoms with Crippen LogP contribution in [-0.2, 0) is 11.3 Å². The molecule has 27 heavy (non-hydrogen) atoms. The minimum Gasteiger partial charge on any atom is -0.484 e. The van der Waals surface area contributed by atoms with Gasteiger partial charge < -0.3 is 4.74 Å². The monoisotopic (exact) mass is 366 g/mol. The molecule has 0 aliphatic carbocycles. The summed E-state index contributed by atoms with van der Waals surface area (Å²) >= 11 is 0. The number of hydrogen-bond donors (Lipinski definition) is 1. The number of hydrazone groups is 1. The second-order valence-electron chi connectivity index (χ2n) is 5.68. The van der Waals surface area contributed by atoms with Crippen molar-refractivity contribution in [3.05, 3.63) is 72.3 Å². The van der Waals surface area contributed by atoms with E-state index in [9.17, 15) is 9.18 Å². The summed E-state index contributed by atoms with van der Waals surface area (Å²) in [6.07, 6.45) is 2.56. The smallest absolute Gasteiger partial charge is 0.277 e. The van der Waals surface area contributed by atoms with E-state index >= 15 is 0 Å². The van der Waals surface area contributed by atoms with Crippen molar-refractivity contribution in [3.63, 3.8) is 0 Å². The Labute approximate surface area is 156 Å². The normalized spacial score (nSPS) is 10.9. The third-order valence-electron chi connectivity index (χ3n) is 3.82. The zero-order valence-electron chi connectivity index (χ0n) is 14.8. The maximum absolute atomic E-state index is 13.8. The first-order valence-corrected chi connectivity index (χ1v) is 8.49. The van der Waals surface area contributed by atoms with Gasteiger partial charge in [0.05, 0.1) is 18.0 Å². The Morgan fingerprint density at radius 1 is 1.19 bits per heavy atom. The van der Waals surface area contributed by atoms with E-state index < -0.39 is 11.9 Å². The van der Waals surface area contributed by atoms with Gasteiger partial charge >= 0.3 is 0 Å². The fraction of sp³-hybridized carbons (Fsp3) is 0.150. The molecule has 1 aromatic heterocycles. The van der Waals surface area contributed by atoms with E-state index in [4.69, 9.17) is 4.74 Å². The lowest BCUT2D eigenvalue weighted by atomic mass is 10.1. The van der Waals surface area contributed by atoms with Crippen LogP contribution in [0.4, 0.5) is 4.39 Å². The SMILES string of the molecule is CCn1ncc(/C=N/NC(=O)COc2ccc(-c3ccccc3)cc2)c1F. The number of halogens is 1. The number of carbonyl (C=O) groups excluding carboxylic acids is 1. The van der Waals surface area contributed by atoms with Crippen molar-refractivity contribution < 1.29 is 13.9 Å². The Kier molecular flexibility index (Phi) is 5.94. The molecule has 0 aliphatic rings. The summed E-state index contributed by atoms with van der Waals surface area (Å²) in [5.41, 5.74) is 4.67. The molecule has 0 radical (unpaired) electrons.